The number of amides is 1. The SMILES string of the molecule is COC(=O)[C@H](NC(=O)Cc1ccccc1F)c1cncn1C. The van der Waals surface area contributed by atoms with Crippen LogP contribution in [0.5, 0.6) is 0 Å². The molecule has 6 nitrogen and oxygen atoms in total. The van der Waals surface area contributed by atoms with Crippen molar-refractivity contribution in [3.8, 4) is 0 Å². The van der Waals surface area contributed by atoms with E-state index in [1.54, 1.807) is 23.7 Å². The summed E-state index contributed by atoms with van der Waals surface area (Å²) in [6.07, 6.45) is 2.80. The molecule has 22 heavy (non-hydrogen) atoms. The molecule has 0 bridgehead atoms. The number of methoxy groups -OCH3 is 1. The summed E-state index contributed by atoms with van der Waals surface area (Å²) in [6, 6.07) is 5.00. The number of hydrogen-bond acceptors (Lipinski definition) is 4. The number of carbonyl (C=O) groups excluding carboxylic acids is 2. The number of ether oxygens (including phenoxy) is 1. The van der Waals surface area contributed by atoms with Crippen molar-refractivity contribution >= 4 is 11.9 Å². The molecule has 0 unspecified atom stereocenters. The molecule has 0 aliphatic heterocycles. The van der Waals surface area contributed by atoms with Crippen LogP contribution in [0, 0.1) is 5.82 Å². The van der Waals surface area contributed by atoms with Crippen molar-refractivity contribution in [3.05, 3.63) is 53.9 Å². The Labute approximate surface area is 126 Å². The lowest BCUT2D eigenvalue weighted by Crippen LogP contribution is -2.36. The van der Waals surface area contributed by atoms with Gasteiger partial charge in [0, 0.05) is 7.05 Å². The molecule has 2 aromatic rings. The smallest absolute Gasteiger partial charge is 0.334 e. The van der Waals surface area contributed by atoms with E-state index in [9.17, 15) is 14.0 Å². The van der Waals surface area contributed by atoms with Crippen LogP contribution < -0.4 is 5.32 Å². The lowest BCUT2D eigenvalue weighted by atomic mass is 10.1. The molecule has 116 valence electrons. The van der Waals surface area contributed by atoms with Gasteiger partial charge in [-0.2, -0.15) is 0 Å². The topological polar surface area (TPSA) is 73.2 Å². The number of aryl methyl sites for hydroxylation is 1. The minimum atomic E-state index is -0.989. The number of aromatic nitrogens is 2. The highest BCUT2D eigenvalue weighted by Crippen LogP contribution is 2.14. The molecule has 0 fully saturated rings. The monoisotopic (exact) mass is 305 g/mol. The summed E-state index contributed by atoms with van der Waals surface area (Å²) < 4.78 is 19.9. The Morgan fingerprint density at radius 1 is 1.41 bits per heavy atom. The summed E-state index contributed by atoms with van der Waals surface area (Å²) in [6.45, 7) is 0. The zero-order valence-corrected chi connectivity index (χ0v) is 12.2. The van der Waals surface area contributed by atoms with Gasteiger partial charge in [0.2, 0.25) is 5.91 Å². The maximum Gasteiger partial charge on any atom is 0.334 e. The number of imidazole rings is 1. The molecule has 0 radical (unpaired) electrons. The summed E-state index contributed by atoms with van der Waals surface area (Å²) in [5.74, 6) is -1.57. The number of nitrogens with one attached hydrogen (secondary N) is 1. The molecule has 1 amide bonds. The minimum Gasteiger partial charge on any atom is -0.467 e. The van der Waals surface area contributed by atoms with E-state index >= 15 is 0 Å². The van der Waals surface area contributed by atoms with Crippen molar-refractivity contribution in [3.63, 3.8) is 0 Å². The third-order valence-electron chi connectivity index (χ3n) is 3.20. The molecule has 1 aromatic heterocycles. The molecule has 0 aliphatic carbocycles. The van der Waals surface area contributed by atoms with Crippen LogP contribution in [0.4, 0.5) is 4.39 Å². The Bertz CT molecular complexity index is 684. The fraction of sp³-hybridized carbons (Fsp3) is 0.267. The van der Waals surface area contributed by atoms with Crippen LogP contribution in [0.2, 0.25) is 0 Å². The summed E-state index contributed by atoms with van der Waals surface area (Å²) in [5, 5.41) is 2.55. The second kappa shape index (κ2) is 6.84. The highest BCUT2D eigenvalue weighted by atomic mass is 19.1. The summed E-state index contributed by atoms with van der Waals surface area (Å²) >= 11 is 0. The molecule has 0 spiro atoms. The zero-order valence-electron chi connectivity index (χ0n) is 12.2. The second-order valence-electron chi connectivity index (χ2n) is 4.72. The third-order valence-corrected chi connectivity index (χ3v) is 3.20. The molecular formula is C15H16FN3O3. The maximum atomic E-state index is 13.6. The first-order chi connectivity index (χ1) is 10.5. The van der Waals surface area contributed by atoms with Gasteiger partial charge in [-0.15, -0.1) is 0 Å². The van der Waals surface area contributed by atoms with Crippen LogP contribution in [0.25, 0.3) is 0 Å². The van der Waals surface area contributed by atoms with Crippen LogP contribution in [-0.4, -0.2) is 28.5 Å². The van der Waals surface area contributed by atoms with E-state index < -0.39 is 23.7 Å². The number of nitrogens with zero attached hydrogens (tertiary/aromatic N) is 2. The molecule has 0 saturated heterocycles. The van der Waals surface area contributed by atoms with Crippen LogP contribution in [-0.2, 0) is 27.8 Å². The molecular weight excluding hydrogens is 289 g/mol. The highest BCUT2D eigenvalue weighted by molar-refractivity contribution is 5.86. The van der Waals surface area contributed by atoms with Crippen molar-refractivity contribution in [1.29, 1.82) is 0 Å². The highest BCUT2D eigenvalue weighted by Gasteiger charge is 2.26. The van der Waals surface area contributed by atoms with Crippen LogP contribution in [0.3, 0.4) is 0 Å². The van der Waals surface area contributed by atoms with E-state index in [1.165, 1.54) is 31.8 Å². The first-order valence-corrected chi connectivity index (χ1v) is 6.59. The molecule has 1 aromatic carbocycles. The van der Waals surface area contributed by atoms with Crippen molar-refractivity contribution in [2.75, 3.05) is 7.11 Å². The standard InChI is InChI=1S/C15H16FN3O3/c1-19-9-17-8-12(19)14(15(21)22-2)18-13(20)7-10-5-3-4-6-11(10)16/h3-6,8-9,14H,7H2,1-2H3,(H,18,20)/t14-/m1/s1. The summed E-state index contributed by atoms with van der Waals surface area (Å²) in [5.41, 5.74) is 0.738. The van der Waals surface area contributed by atoms with Crippen molar-refractivity contribution < 1.29 is 18.7 Å². The van der Waals surface area contributed by atoms with Gasteiger partial charge in [0.05, 0.1) is 31.7 Å². The number of halogens is 1. The van der Waals surface area contributed by atoms with E-state index in [1.807, 2.05) is 0 Å². The number of esters is 1. The molecule has 0 aliphatic rings. The van der Waals surface area contributed by atoms with Crippen LogP contribution >= 0.6 is 0 Å². The normalized spacial score (nSPS) is 11.8. The van der Waals surface area contributed by atoms with Gasteiger partial charge in [0.1, 0.15) is 5.82 Å². The summed E-state index contributed by atoms with van der Waals surface area (Å²) in [7, 11) is 2.93. The molecule has 1 heterocycles. The van der Waals surface area contributed by atoms with Crippen LogP contribution in [0.15, 0.2) is 36.8 Å². The number of benzene rings is 1. The lowest BCUT2D eigenvalue weighted by molar-refractivity contribution is -0.145. The quantitative estimate of drug-likeness (QED) is 0.841. The van der Waals surface area contributed by atoms with Gasteiger partial charge in [-0.25, -0.2) is 14.2 Å². The van der Waals surface area contributed by atoms with Gasteiger partial charge in [0.25, 0.3) is 0 Å². The van der Waals surface area contributed by atoms with E-state index in [0.717, 1.165) is 0 Å². The van der Waals surface area contributed by atoms with Gasteiger partial charge >= 0.3 is 5.97 Å². The van der Waals surface area contributed by atoms with E-state index in [2.05, 4.69) is 10.3 Å². The zero-order chi connectivity index (χ0) is 16.1. The third kappa shape index (κ3) is 3.49. The Hall–Kier alpha value is -2.70. The van der Waals surface area contributed by atoms with E-state index in [-0.39, 0.29) is 12.0 Å². The molecule has 0 saturated carbocycles. The van der Waals surface area contributed by atoms with E-state index in [0.29, 0.717) is 5.69 Å². The average Bonchev–Trinajstić information content (AvgIpc) is 2.92. The van der Waals surface area contributed by atoms with Gasteiger partial charge in [-0.1, -0.05) is 18.2 Å². The van der Waals surface area contributed by atoms with E-state index in [4.69, 9.17) is 4.74 Å². The largest absolute Gasteiger partial charge is 0.467 e. The van der Waals surface area contributed by atoms with Crippen molar-refractivity contribution in [2.24, 2.45) is 7.05 Å². The molecule has 1 N–H and O–H groups in total. The fourth-order valence-electron chi connectivity index (χ4n) is 2.04. The number of hydrogen-bond donors (Lipinski definition) is 1. The van der Waals surface area contributed by atoms with Crippen molar-refractivity contribution in [2.45, 2.75) is 12.5 Å². The number of carbonyl (C=O) groups is 2. The van der Waals surface area contributed by atoms with Crippen LogP contribution in [0.1, 0.15) is 17.3 Å². The Balaban J connectivity index is 2.14. The summed E-state index contributed by atoms with van der Waals surface area (Å²) in [4.78, 5) is 27.9. The Morgan fingerprint density at radius 3 is 2.73 bits per heavy atom. The molecule has 7 heteroatoms. The Morgan fingerprint density at radius 2 is 2.14 bits per heavy atom. The van der Waals surface area contributed by atoms with Gasteiger partial charge in [0.15, 0.2) is 6.04 Å². The fourth-order valence-corrected chi connectivity index (χ4v) is 2.04. The van der Waals surface area contributed by atoms with Crippen molar-refractivity contribution in [1.82, 2.24) is 14.9 Å². The molecule has 1 atom stereocenters. The average molecular weight is 305 g/mol. The predicted octanol–water partition coefficient (Wildman–Crippen LogP) is 1.13. The Kier molecular flexibility index (Phi) is 4.88. The lowest BCUT2D eigenvalue weighted by Gasteiger charge is -2.17. The van der Waals surface area contributed by atoms with Gasteiger partial charge in [-0.05, 0) is 11.6 Å². The maximum absolute atomic E-state index is 13.6. The predicted molar refractivity (Wildman–Crippen MR) is 76.2 cm³/mol. The molecule has 2 rings (SSSR count). The minimum absolute atomic E-state index is 0.169. The first kappa shape index (κ1) is 15.7. The van der Waals surface area contributed by atoms with Gasteiger partial charge < -0.3 is 14.6 Å². The second-order valence-corrected chi connectivity index (χ2v) is 4.72. The first-order valence-electron chi connectivity index (χ1n) is 6.59. The van der Waals surface area contributed by atoms with Gasteiger partial charge in [-0.3, -0.25) is 4.79 Å². The number of rotatable bonds is 5.